The van der Waals surface area contributed by atoms with E-state index in [0.29, 0.717) is 0 Å². The summed E-state index contributed by atoms with van der Waals surface area (Å²) in [6, 6.07) is 0.744. The predicted molar refractivity (Wildman–Crippen MR) is 52.2 cm³/mol. The van der Waals surface area contributed by atoms with Crippen molar-refractivity contribution in [3.8, 4) is 0 Å². The predicted octanol–water partition coefficient (Wildman–Crippen LogP) is -0.0289. The fourth-order valence-corrected chi connectivity index (χ4v) is 1.85. The largest absolute Gasteiger partial charge is 0.329 e. The minimum absolute atomic E-state index is 0.744. The molecule has 12 heavy (non-hydrogen) atoms. The molecule has 0 aromatic rings. The average Bonchev–Trinajstić information content (AvgIpc) is 2.52. The van der Waals surface area contributed by atoms with Gasteiger partial charge in [-0.1, -0.05) is 6.92 Å². The normalized spacial score (nSPS) is 25.5. The lowest BCUT2D eigenvalue weighted by Crippen LogP contribution is -2.37. The van der Waals surface area contributed by atoms with Crippen LogP contribution in [0.15, 0.2) is 0 Å². The van der Waals surface area contributed by atoms with Crippen LogP contribution in [0.4, 0.5) is 0 Å². The van der Waals surface area contributed by atoms with Crippen LogP contribution in [0.3, 0.4) is 0 Å². The van der Waals surface area contributed by atoms with Crippen LogP contribution in [-0.4, -0.2) is 55.6 Å². The highest BCUT2D eigenvalue weighted by Crippen LogP contribution is 2.12. The summed E-state index contributed by atoms with van der Waals surface area (Å²) < 4.78 is 0. The molecule has 0 aliphatic carbocycles. The summed E-state index contributed by atoms with van der Waals surface area (Å²) in [5.41, 5.74) is 5.51. The molecule has 3 nitrogen and oxygen atoms in total. The minimum Gasteiger partial charge on any atom is -0.329 e. The van der Waals surface area contributed by atoms with E-state index in [-0.39, 0.29) is 0 Å². The Morgan fingerprint density at radius 1 is 1.58 bits per heavy atom. The van der Waals surface area contributed by atoms with E-state index in [9.17, 15) is 0 Å². The van der Waals surface area contributed by atoms with Gasteiger partial charge in [0.2, 0.25) is 0 Å². The Bertz CT molecular complexity index is 127. The Balaban J connectivity index is 2.25. The highest BCUT2D eigenvalue weighted by atomic mass is 15.2. The molecule has 72 valence electrons. The fraction of sp³-hybridized carbons (Fsp3) is 1.00. The molecule has 3 heteroatoms. The van der Waals surface area contributed by atoms with E-state index in [0.717, 1.165) is 19.1 Å². The van der Waals surface area contributed by atoms with E-state index < -0.39 is 0 Å². The maximum atomic E-state index is 5.51. The van der Waals surface area contributed by atoms with Crippen molar-refractivity contribution in [1.29, 1.82) is 0 Å². The number of likely N-dealkylation sites (N-methyl/N-ethyl adjacent to an activating group) is 2. The fourth-order valence-electron chi connectivity index (χ4n) is 1.85. The first-order valence-electron chi connectivity index (χ1n) is 4.90. The molecular weight excluding hydrogens is 150 g/mol. The zero-order valence-electron chi connectivity index (χ0n) is 8.29. The molecule has 1 saturated heterocycles. The van der Waals surface area contributed by atoms with Crippen LogP contribution in [0, 0.1) is 0 Å². The van der Waals surface area contributed by atoms with Crippen LogP contribution < -0.4 is 5.73 Å². The Hall–Kier alpha value is -0.120. The van der Waals surface area contributed by atoms with Gasteiger partial charge in [0.15, 0.2) is 0 Å². The van der Waals surface area contributed by atoms with Crippen molar-refractivity contribution in [2.75, 3.05) is 39.8 Å². The van der Waals surface area contributed by atoms with E-state index in [4.69, 9.17) is 5.73 Å². The summed E-state index contributed by atoms with van der Waals surface area (Å²) in [4.78, 5) is 4.88. The molecule has 1 aliphatic heterocycles. The van der Waals surface area contributed by atoms with Gasteiger partial charge < -0.3 is 15.5 Å². The van der Waals surface area contributed by atoms with Crippen LogP contribution in [0.25, 0.3) is 0 Å². The molecule has 0 radical (unpaired) electrons. The maximum Gasteiger partial charge on any atom is 0.0232 e. The second-order valence-corrected chi connectivity index (χ2v) is 3.61. The highest BCUT2D eigenvalue weighted by Gasteiger charge is 2.23. The third-order valence-corrected chi connectivity index (χ3v) is 2.80. The molecule has 0 amide bonds. The Kier molecular flexibility index (Phi) is 3.98. The SMILES string of the molecule is CCN1CCC(N(C)CCN)C1. The van der Waals surface area contributed by atoms with Crippen LogP contribution in [0.2, 0.25) is 0 Å². The number of nitrogens with two attached hydrogens (primary N) is 1. The lowest BCUT2D eigenvalue weighted by atomic mass is 10.2. The van der Waals surface area contributed by atoms with Gasteiger partial charge in [-0.05, 0) is 26.6 Å². The van der Waals surface area contributed by atoms with Crippen molar-refractivity contribution >= 4 is 0 Å². The minimum atomic E-state index is 0.744. The van der Waals surface area contributed by atoms with Gasteiger partial charge in [-0.15, -0.1) is 0 Å². The lowest BCUT2D eigenvalue weighted by Gasteiger charge is -2.23. The topological polar surface area (TPSA) is 32.5 Å². The number of nitrogens with zero attached hydrogens (tertiary/aromatic N) is 2. The number of likely N-dealkylation sites (tertiary alicyclic amines) is 1. The van der Waals surface area contributed by atoms with Gasteiger partial charge in [-0.3, -0.25) is 0 Å². The molecule has 0 aromatic carbocycles. The van der Waals surface area contributed by atoms with Crippen LogP contribution >= 0.6 is 0 Å². The molecule has 1 rings (SSSR count). The first-order chi connectivity index (χ1) is 5.77. The summed E-state index contributed by atoms with van der Waals surface area (Å²) in [5.74, 6) is 0. The maximum absolute atomic E-state index is 5.51. The van der Waals surface area contributed by atoms with Gasteiger partial charge in [-0.2, -0.15) is 0 Å². The quantitative estimate of drug-likeness (QED) is 0.645. The molecule has 1 heterocycles. The molecule has 1 fully saturated rings. The van der Waals surface area contributed by atoms with E-state index in [1.54, 1.807) is 0 Å². The van der Waals surface area contributed by atoms with Crippen molar-refractivity contribution in [2.24, 2.45) is 5.73 Å². The van der Waals surface area contributed by atoms with Gasteiger partial charge in [-0.25, -0.2) is 0 Å². The zero-order chi connectivity index (χ0) is 8.97. The summed E-state index contributed by atoms with van der Waals surface area (Å²) in [6.45, 7) is 7.71. The lowest BCUT2D eigenvalue weighted by molar-refractivity contribution is 0.240. The van der Waals surface area contributed by atoms with Crippen molar-refractivity contribution in [2.45, 2.75) is 19.4 Å². The molecule has 0 aromatic heterocycles. The smallest absolute Gasteiger partial charge is 0.0232 e. The zero-order valence-corrected chi connectivity index (χ0v) is 8.29. The first-order valence-corrected chi connectivity index (χ1v) is 4.90. The second-order valence-electron chi connectivity index (χ2n) is 3.61. The van der Waals surface area contributed by atoms with Crippen molar-refractivity contribution in [3.63, 3.8) is 0 Å². The van der Waals surface area contributed by atoms with Gasteiger partial charge >= 0.3 is 0 Å². The molecule has 1 unspecified atom stereocenters. The van der Waals surface area contributed by atoms with Crippen molar-refractivity contribution in [3.05, 3.63) is 0 Å². The molecule has 0 spiro atoms. The number of hydrogen-bond donors (Lipinski definition) is 1. The summed E-state index contributed by atoms with van der Waals surface area (Å²) >= 11 is 0. The summed E-state index contributed by atoms with van der Waals surface area (Å²) in [5, 5.41) is 0. The molecule has 1 atom stereocenters. The Morgan fingerprint density at radius 2 is 2.33 bits per heavy atom. The standard InChI is InChI=1S/C9H21N3/c1-3-12-6-4-9(8-12)11(2)7-5-10/h9H,3-8,10H2,1-2H3. The molecule has 1 aliphatic rings. The van der Waals surface area contributed by atoms with Gasteiger partial charge in [0, 0.05) is 25.7 Å². The average molecular weight is 171 g/mol. The monoisotopic (exact) mass is 171 g/mol. The third-order valence-electron chi connectivity index (χ3n) is 2.80. The Labute approximate surface area is 75.5 Å². The van der Waals surface area contributed by atoms with E-state index in [2.05, 4.69) is 23.8 Å². The number of rotatable bonds is 4. The van der Waals surface area contributed by atoms with E-state index >= 15 is 0 Å². The third kappa shape index (κ3) is 2.44. The van der Waals surface area contributed by atoms with Crippen LogP contribution in [0.1, 0.15) is 13.3 Å². The second kappa shape index (κ2) is 4.80. The summed E-state index contributed by atoms with van der Waals surface area (Å²) in [7, 11) is 2.18. The molecular formula is C9H21N3. The molecule has 2 N–H and O–H groups in total. The molecule has 0 bridgehead atoms. The number of hydrogen-bond acceptors (Lipinski definition) is 3. The molecule has 0 saturated carbocycles. The Morgan fingerprint density at radius 3 is 2.83 bits per heavy atom. The van der Waals surface area contributed by atoms with Crippen molar-refractivity contribution < 1.29 is 0 Å². The first kappa shape index (κ1) is 9.96. The van der Waals surface area contributed by atoms with E-state index in [1.165, 1.54) is 26.1 Å². The van der Waals surface area contributed by atoms with E-state index in [1.807, 2.05) is 0 Å². The van der Waals surface area contributed by atoms with Crippen LogP contribution in [-0.2, 0) is 0 Å². The van der Waals surface area contributed by atoms with Gasteiger partial charge in [0.1, 0.15) is 0 Å². The van der Waals surface area contributed by atoms with Gasteiger partial charge in [0.05, 0.1) is 0 Å². The summed E-state index contributed by atoms with van der Waals surface area (Å²) in [6.07, 6.45) is 1.31. The van der Waals surface area contributed by atoms with Crippen molar-refractivity contribution in [1.82, 2.24) is 9.80 Å². The van der Waals surface area contributed by atoms with Crippen LogP contribution in [0.5, 0.6) is 0 Å². The highest BCUT2D eigenvalue weighted by molar-refractivity contribution is 4.81. The van der Waals surface area contributed by atoms with Gasteiger partial charge in [0.25, 0.3) is 0 Å².